The van der Waals surface area contributed by atoms with Crippen LogP contribution in [0.1, 0.15) is 22.8 Å². The number of anilines is 1. The highest BCUT2D eigenvalue weighted by molar-refractivity contribution is 7.08. The van der Waals surface area contributed by atoms with E-state index in [4.69, 9.17) is 0 Å². The number of amides is 2. The molecule has 0 bridgehead atoms. The summed E-state index contributed by atoms with van der Waals surface area (Å²) in [5.74, 6) is -0.175. The Bertz CT molecular complexity index is 562. The van der Waals surface area contributed by atoms with Gasteiger partial charge in [-0.15, -0.1) is 0 Å². The summed E-state index contributed by atoms with van der Waals surface area (Å²) in [6.07, 6.45) is 0. The van der Waals surface area contributed by atoms with E-state index >= 15 is 0 Å². The van der Waals surface area contributed by atoms with Crippen molar-refractivity contribution in [3.05, 3.63) is 52.2 Å². The maximum atomic E-state index is 11.7. The molecule has 4 nitrogen and oxygen atoms in total. The highest BCUT2D eigenvalue weighted by atomic mass is 32.1. The predicted molar refractivity (Wildman–Crippen MR) is 76.2 cm³/mol. The topological polar surface area (TPSA) is 58.2 Å². The fourth-order valence-corrected chi connectivity index (χ4v) is 2.22. The molecule has 0 spiro atoms. The Labute approximate surface area is 115 Å². The van der Waals surface area contributed by atoms with Gasteiger partial charge in [-0.1, -0.05) is 12.1 Å². The molecule has 0 atom stereocenters. The first-order chi connectivity index (χ1) is 9.15. The second-order valence-corrected chi connectivity index (χ2v) is 4.85. The minimum Gasteiger partial charge on any atom is -0.348 e. The van der Waals surface area contributed by atoms with Gasteiger partial charge in [0.15, 0.2) is 0 Å². The van der Waals surface area contributed by atoms with Crippen molar-refractivity contribution in [1.29, 1.82) is 0 Å². The summed E-state index contributed by atoms with van der Waals surface area (Å²) in [6.45, 7) is 1.93. The maximum Gasteiger partial charge on any atom is 0.252 e. The molecule has 98 valence electrons. The van der Waals surface area contributed by atoms with Gasteiger partial charge < -0.3 is 10.6 Å². The highest BCUT2D eigenvalue weighted by Gasteiger charge is 2.05. The SMILES string of the molecule is CC(=O)Nc1ccc(CNC(=O)c2ccsc2)cc1. The number of carbonyl (C=O) groups is 2. The van der Waals surface area contributed by atoms with Crippen LogP contribution in [-0.2, 0) is 11.3 Å². The minimum absolute atomic E-state index is 0.0767. The Morgan fingerprint density at radius 2 is 1.89 bits per heavy atom. The Hall–Kier alpha value is -2.14. The van der Waals surface area contributed by atoms with Crippen LogP contribution in [-0.4, -0.2) is 11.8 Å². The molecule has 1 aromatic heterocycles. The summed E-state index contributed by atoms with van der Waals surface area (Å²) >= 11 is 1.50. The lowest BCUT2D eigenvalue weighted by atomic mass is 10.2. The summed E-state index contributed by atoms with van der Waals surface area (Å²) < 4.78 is 0. The lowest BCUT2D eigenvalue weighted by Gasteiger charge is -2.06. The normalized spacial score (nSPS) is 9.95. The lowest BCUT2D eigenvalue weighted by molar-refractivity contribution is -0.114. The summed E-state index contributed by atoms with van der Waals surface area (Å²) in [6, 6.07) is 9.17. The first kappa shape index (κ1) is 13.3. The van der Waals surface area contributed by atoms with Crippen molar-refractivity contribution in [3.63, 3.8) is 0 Å². The zero-order chi connectivity index (χ0) is 13.7. The second-order valence-electron chi connectivity index (χ2n) is 4.07. The third-order valence-electron chi connectivity index (χ3n) is 2.51. The van der Waals surface area contributed by atoms with Gasteiger partial charge in [0.25, 0.3) is 5.91 Å². The number of hydrogen-bond acceptors (Lipinski definition) is 3. The fraction of sp³-hybridized carbons (Fsp3) is 0.143. The number of rotatable bonds is 4. The van der Waals surface area contributed by atoms with Crippen molar-refractivity contribution in [1.82, 2.24) is 5.32 Å². The highest BCUT2D eigenvalue weighted by Crippen LogP contribution is 2.10. The molecule has 0 aliphatic heterocycles. The molecule has 1 aromatic carbocycles. The van der Waals surface area contributed by atoms with E-state index in [1.54, 1.807) is 6.07 Å². The van der Waals surface area contributed by atoms with Gasteiger partial charge in [0, 0.05) is 30.1 Å². The van der Waals surface area contributed by atoms with Crippen molar-refractivity contribution in [2.75, 3.05) is 5.32 Å². The molecule has 2 amide bonds. The first-order valence-corrected chi connectivity index (χ1v) is 6.76. The third-order valence-corrected chi connectivity index (χ3v) is 3.19. The van der Waals surface area contributed by atoms with E-state index in [2.05, 4.69) is 10.6 Å². The van der Waals surface area contributed by atoms with Crippen molar-refractivity contribution in [3.8, 4) is 0 Å². The standard InChI is InChI=1S/C14H14N2O2S/c1-10(17)16-13-4-2-11(3-5-13)8-15-14(18)12-6-7-19-9-12/h2-7,9H,8H2,1H3,(H,15,18)(H,16,17). The largest absolute Gasteiger partial charge is 0.348 e. The summed E-state index contributed by atoms with van der Waals surface area (Å²) in [4.78, 5) is 22.6. The molecule has 19 heavy (non-hydrogen) atoms. The third kappa shape index (κ3) is 3.93. The number of hydrogen-bond donors (Lipinski definition) is 2. The number of nitrogens with one attached hydrogen (secondary N) is 2. The van der Waals surface area contributed by atoms with Crippen LogP contribution in [0, 0.1) is 0 Å². The van der Waals surface area contributed by atoms with Gasteiger partial charge >= 0.3 is 0 Å². The lowest BCUT2D eigenvalue weighted by Crippen LogP contribution is -2.22. The van der Waals surface area contributed by atoms with Crippen LogP contribution in [0.5, 0.6) is 0 Å². The van der Waals surface area contributed by atoms with Crippen LogP contribution < -0.4 is 10.6 Å². The second kappa shape index (κ2) is 6.15. The molecule has 2 rings (SSSR count). The molecule has 0 aliphatic carbocycles. The maximum absolute atomic E-state index is 11.7. The Kier molecular flexibility index (Phi) is 4.30. The van der Waals surface area contributed by atoms with E-state index < -0.39 is 0 Å². The monoisotopic (exact) mass is 274 g/mol. The van der Waals surface area contributed by atoms with E-state index in [-0.39, 0.29) is 11.8 Å². The average Bonchev–Trinajstić information content (AvgIpc) is 2.91. The Balaban J connectivity index is 1.89. The van der Waals surface area contributed by atoms with E-state index in [1.807, 2.05) is 35.0 Å². The van der Waals surface area contributed by atoms with Gasteiger partial charge in [-0.2, -0.15) is 11.3 Å². The van der Waals surface area contributed by atoms with Crippen LogP contribution in [0.3, 0.4) is 0 Å². The van der Waals surface area contributed by atoms with Gasteiger partial charge in [-0.05, 0) is 29.1 Å². The quantitative estimate of drug-likeness (QED) is 0.900. The van der Waals surface area contributed by atoms with Crippen molar-refractivity contribution < 1.29 is 9.59 Å². The van der Waals surface area contributed by atoms with Crippen LogP contribution >= 0.6 is 11.3 Å². The molecule has 1 heterocycles. The van der Waals surface area contributed by atoms with Crippen molar-refractivity contribution in [2.24, 2.45) is 0 Å². The van der Waals surface area contributed by atoms with E-state index in [0.717, 1.165) is 11.3 Å². The van der Waals surface area contributed by atoms with Gasteiger partial charge in [0.1, 0.15) is 0 Å². The zero-order valence-corrected chi connectivity index (χ0v) is 11.3. The summed E-state index contributed by atoms with van der Waals surface area (Å²) in [5.41, 5.74) is 2.41. The van der Waals surface area contributed by atoms with Crippen molar-refractivity contribution >= 4 is 28.8 Å². The molecule has 0 aliphatic rings. The zero-order valence-electron chi connectivity index (χ0n) is 10.5. The molecule has 0 radical (unpaired) electrons. The molecule has 2 aromatic rings. The Morgan fingerprint density at radius 1 is 1.16 bits per heavy atom. The average molecular weight is 274 g/mol. The van der Waals surface area contributed by atoms with Gasteiger partial charge in [0.05, 0.1) is 0 Å². The molecular weight excluding hydrogens is 260 g/mol. The first-order valence-electron chi connectivity index (χ1n) is 5.82. The molecule has 5 heteroatoms. The van der Waals surface area contributed by atoms with Gasteiger partial charge in [-0.3, -0.25) is 9.59 Å². The van der Waals surface area contributed by atoms with E-state index in [0.29, 0.717) is 12.1 Å². The van der Waals surface area contributed by atoms with Crippen LogP contribution in [0.2, 0.25) is 0 Å². The number of carbonyl (C=O) groups excluding carboxylic acids is 2. The minimum atomic E-state index is -0.0986. The molecule has 0 unspecified atom stereocenters. The van der Waals surface area contributed by atoms with Crippen LogP contribution in [0.15, 0.2) is 41.1 Å². The smallest absolute Gasteiger partial charge is 0.252 e. The summed E-state index contributed by atoms with van der Waals surface area (Å²) in [5, 5.41) is 9.22. The van der Waals surface area contributed by atoms with E-state index in [1.165, 1.54) is 18.3 Å². The Morgan fingerprint density at radius 3 is 2.47 bits per heavy atom. The molecule has 0 fully saturated rings. The fourth-order valence-electron chi connectivity index (χ4n) is 1.59. The van der Waals surface area contributed by atoms with Crippen molar-refractivity contribution in [2.45, 2.75) is 13.5 Å². The predicted octanol–water partition coefficient (Wildman–Crippen LogP) is 2.64. The number of thiophene rings is 1. The summed E-state index contributed by atoms with van der Waals surface area (Å²) in [7, 11) is 0. The number of benzene rings is 1. The van der Waals surface area contributed by atoms with Gasteiger partial charge in [-0.25, -0.2) is 0 Å². The molecule has 0 saturated carbocycles. The van der Waals surface area contributed by atoms with Gasteiger partial charge in [0.2, 0.25) is 5.91 Å². The van der Waals surface area contributed by atoms with Crippen LogP contribution in [0.25, 0.3) is 0 Å². The van der Waals surface area contributed by atoms with E-state index in [9.17, 15) is 9.59 Å². The molecular formula is C14H14N2O2S. The molecule has 0 saturated heterocycles. The van der Waals surface area contributed by atoms with Crippen LogP contribution in [0.4, 0.5) is 5.69 Å². The molecule has 2 N–H and O–H groups in total.